The zero-order valence-corrected chi connectivity index (χ0v) is 7.65. The number of carbonyl (C=O) groups is 2. The fraction of sp³-hybridized carbons (Fsp3) is 0.333. The fourth-order valence-corrected chi connectivity index (χ4v) is 1.36. The van der Waals surface area contributed by atoms with Gasteiger partial charge in [-0.2, -0.15) is 0 Å². The first-order valence-electron chi connectivity index (χ1n) is 4.01. The maximum absolute atomic E-state index is 10.7. The van der Waals surface area contributed by atoms with Crippen LogP contribution in [0.3, 0.4) is 0 Å². The summed E-state index contributed by atoms with van der Waals surface area (Å²) in [7, 11) is 0. The topological polar surface area (TPSA) is 101 Å². The molecule has 76 valence electrons. The molecule has 0 heterocycles. The highest BCUT2D eigenvalue weighted by atomic mass is 16.4. The Morgan fingerprint density at radius 1 is 1.43 bits per heavy atom. The van der Waals surface area contributed by atoms with Crippen molar-refractivity contribution in [1.29, 1.82) is 0 Å². The fourth-order valence-electron chi connectivity index (χ4n) is 1.36. The van der Waals surface area contributed by atoms with Gasteiger partial charge in [-0.15, -0.1) is 0 Å². The van der Waals surface area contributed by atoms with E-state index >= 15 is 0 Å². The van der Waals surface area contributed by atoms with E-state index in [0.29, 0.717) is 0 Å². The number of carboxylic acids is 2. The smallest absolute Gasteiger partial charge is 0.335 e. The van der Waals surface area contributed by atoms with E-state index in [9.17, 15) is 9.59 Å². The van der Waals surface area contributed by atoms with Gasteiger partial charge in [0.1, 0.15) is 0 Å². The molecule has 0 bridgehead atoms. The quantitative estimate of drug-likeness (QED) is 0.584. The van der Waals surface area contributed by atoms with Gasteiger partial charge in [-0.3, -0.25) is 0 Å². The lowest BCUT2D eigenvalue weighted by atomic mass is 9.86. The van der Waals surface area contributed by atoms with E-state index < -0.39 is 17.5 Å². The maximum Gasteiger partial charge on any atom is 0.335 e. The lowest BCUT2D eigenvalue weighted by Crippen LogP contribution is -2.38. The van der Waals surface area contributed by atoms with Crippen molar-refractivity contribution < 1.29 is 19.8 Å². The lowest BCUT2D eigenvalue weighted by molar-refractivity contribution is -0.133. The van der Waals surface area contributed by atoms with Gasteiger partial charge in [0.15, 0.2) is 0 Å². The second kappa shape index (κ2) is 3.26. The summed E-state index contributed by atoms with van der Waals surface area (Å²) in [6.45, 7) is 1.59. The molecule has 0 aromatic carbocycles. The molecule has 5 nitrogen and oxygen atoms in total. The van der Waals surface area contributed by atoms with E-state index in [-0.39, 0.29) is 17.6 Å². The van der Waals surface area contributed by atoms with Crippen LogP contribution in [0.1, 0.15) is 13.3 Å². The molecule has 0 aromatic rings. The number of rotatable bonds is 2. The molecular formula is C9H11NO4. The number of nitrogens with two attached hydrogens (primary N) is 1. The van der Waals surface area contributed by atoms with Crippen molar-refractivity contribution in [1.82, 2.24) is 0 Å². The van der Waals surface area contributed by atoms with Gasteiger partial charge in [0.25, 0.3) is 0 Å². The summed E-state index contributed by atoms with van der Waals surface area (Å²) in [4.78, 5) is 21.3. The van der Waals surface area contributed by atoms with Gasteiger partial charge in [-0.25, -0.2) is 9.59 Å². The third kappa shape index (κ3) is 2.20. The van der Waals surface area contributed by atoms with Crippen molar-refractivity contribution in [3.63, 3.8) is 0 Å². The van der Waals surface area contributed by atoms with Crippen LogP contribution in [0.2, 0.25) is 0 Å². The van der Waals surface area contributed by atoms with E-state index in [0.717, 1.165) is 6.08 Å². The molecular weight excluding hydrogens is 186 g/mol. The van der Waals surface area contributed by atoms with Crippen molar-refractivity contribution >= 4 is 11.9 Å². The monoisotopic (exact) mass is 197 g/mol. The van der Waals surface area contributed by atoms with Crippen LogP contribution in [0.5, 0.6) is 0 Å². The van der Waals surface area contributed by atoms with Gasteiger partial charge in [-0.05, 0) is 13.0 Å². The second-order valence-corrected chi connectivity index (χ2v) is 3.56. The van der Waals surface area contributed by atoms with Gasteiger partial charge in [-0.1, -0.05) is 6.08 Å². The second-order valence-electron chi connectivity index (χ2n) is 3.56. The molecule has 1 aliphatic carbocycles. The molecule has 14 heavy (non-hydrogen) atoms. The number of aliphatic carboxylic acids is 2. The largest absolute Gasteiger partial charge is 0.478 e. The molecule has 0 saturated heterocycles. The predicted octanol–water partition coefficient (Wildman–Crippen LogP) is 0.129. The van der Waals surface area contributed by atoms with E-state index in [1.165, 1.54) is 6.08 Å². The average molecular weight is 197 g/mol. The first-order chi connectivity index (χ1) is 6.32. The van der Waals surface area contributed by atoms with Crippen LogP contribution < -0.4 is 5.73 Å². The standard InChI is InChI=1S/C9H11NO4/c1-9(10)3-5(7(11)12)2-6(4-9)8(13)14/h2-3H,4,10H2,1H3,(H,11,12)(H,13,14). The zero-order chi connectivity index (χ0) is 10.9. The SMILES string of the molecule is CC1(N)C=C(C(=O)O)C=C(C(=O)O)C1. The Bertz CT molecular complexity index is 352. The Labute approximate surface area is 80.5 Å². The van der Waals surface area contributed by atoms with E-state index in [2.05, 4.69) is 0 Å². The van der Waals surface area contributed by atoms with Crippen LogP contribution in [0.15, 0.2) is 23.3 Å². The molecule has 1 atom stereocenters. The molecule has 0 amide bonds. The third-order valence-electron chi connectivity index (χ3n) is 1.91. The molecule has 0 fully saturated rings. The summed E-state index contributed by atoms with van der Waals surface area (Å²) in [6.07, 6.45) is 2.64. The van der Waals surface area contributed by atoms with Crippen LogP contribution in [0.4, 0.5) is 0 Å². The predicted molar refractivity (Wildman–Crippen MR) is 48.6 cm³/mol. The van der Waals surface area contributed by atoms with Crippen LogP contribution in [0.25, 0.3) is 0 Å². The number of hydrogen-bond acceptors (Lipinski definition) is 3. The third-order valence-corrected chi connectivity index (χ3v) is 1.91. The van der Waals surface area contributed by atoms with Crippen LogP contribution in [-0.4, -0.2) is 27.7 Å². The normalized spacial score (nSPS) is 26.4. The molecule has 5 heteroatoms. The molecule has 4 N–H and O–H groups in total. The van der Waals surface area contributed by atoms with Gasteiger partial charge < -0.3 is 15.9 Å². The van der Waals surface area contributed by atoms with E-state index in [4.69, 9.17) is 15.9 Å². The summed E-state index contributed by atoms with van der Waals surface area (Å²) in [5, 5.41) is 17.4. The summed E-state index contributed by atoms with van der Waals surface area (Å²) < 4.78 is 0. The Kier molecular flexibility index (Phi) is 2.44. The van der Waals surface area contributed by atoms with E-state index in [1.807, 2.05) is 0 Å². The van der Waals surface area contributed by atoms with Crippen LogP contribution in [-0.2, 0) is 9.59 Å². The highest BCUT2D eigenvalue weighted by Gasteiger charge is 2.27. The lowest BCUT2D eigenvalue weighted by Gasteiger charge is -2.24. The van der Waals surface area contributed by atoms with Crippen molar-refractivity contribution in [3.05, 3.63) is 23.3 Å². The molecule has 1 unspecified atom stereocenters. The number of carboxylic acid groups (broad SMARTS) is 2. The molecule has 1 rings (SSSR count). The van der Waals surface area contributed by atoms with Gasteiger partial charge in [0.2, 0.25) is 0 Å². The van der Waals surface area contributed by atoms with Crippen molar-refractivity contribution in [2.75, 3.05) is 0 Å². The summed E-state index contributed by atoms with van der Waals surface area (Å²) in [5.74, 6) is -2.30. The average Bonchev–Trinajstić information content (AvgIpc) is 2.01. The molecule has 0 radical (unpaired) electrons. The maximum atomic E-state index is 10.7. The van der Waals surface area contributed by atoms with Crippen molar-refractivity contribution in [3.8, 4) is 0 Å². The Morgan fingerprint density at radius 3 is 2.43 bits per heavy atom. The Morgan fingerprint density at radius 2 is 2.00 bits per heavy atom. The van der Waals surface area contributed by atoms with Crippen LogP contribution in [0, 0.1) is 0 Å². The molecule has 1 aliphatic rings. The summed E-state index contributed by atoms with van der Waals surface area (Å²) >= 11 is 0. The first-order valence-corrected chi connectivity index (χ1v) is 4.01. The molecule has 0 aromatic heterocycles. The van der Waals surface area contributed by atoms with Gasteiger partial charge in [0, 0.05) is 17.5 Å². The first kappa shape index (κ1) is 10.5. The molecule has 0 aliphatic heterocycles. The highest BCUT2D eigenvalue weighted by molar-refractivity contribution is 5.96. The van der Waals surface area contributed by atoms with Crippen LogP contribution >= 0.6 is 0 Å². The summed E-state index contributed by atoms with van der Waals surface area (Å²) in [5.41, 5.74) is 4.74. The van der Waals surface area contributed by atoms with E-state index in [1.54, 1.807) is 6.92 Å². The number of hydrogen-bond donors (Lipinski definition) is 3. The Balaban J connectivity index is 3.11. The highest BCUT2D eigenvalue weighted by Crippen LogP contribution is 2.24. The minimum Gasteiger partial charge on any atom is -0.478 e. The molecule has 0 spiro atoms. The van der Waals surface area contributed by atoms with Gasteiger partial charge in [0.05, 0.1) is 5.57 Å². The van der Waals surface area contributed by atoms with Crippen molar-refractivity contribution in [2.45, 2.75) is 18.9 Å². The zero-order valence-electron chi connectivity index (χ0n) is 7.65. The van der Waals surface area contributed by atoms with Crippen molar-refractivity contribution in [2.24, 2.45) is 5.73 Å². The van der Waals surface area contributed by atoms with Gasteiger partial charge >= 0.3 is 11.9 Å². The minimum absolute atomic E-state index is 0.0231. The molecule has 0 saturated carbocycles. The summed E-state index contributed by atoms with van der Waals surface area (Å²) in [6, 6.07) is 0. The minimum atomic E-state index is -1.17. The Hall–Kier alpha value is -1.62.